The van der Waals surface area contributed by atoms with Gasteiger partial charge in [-0.1, -0.05) is 24.3 Å². The molecule has 4 rings (SSSR count). The molecule has 0 aliphatic carbocycles. The molecule has 0 amide bonds. The van der Waals surface area contributed by atoms with E-state index < -0.39 is 11.9 Å². The molecule has 0 saturated carbocycles. The number of aromatic carboxylic acids is 1. The topological polar surface area (TPSA) is 125 Å². The van der Waals surface area contributed by atoms with E-state index in [4.69, 9.17) is 9.52 Å². The third-order valence-corrected chi connectivity index (χ3v) is 4.31. The molecule has 8 nitrogen and oxygen atoms in total. The standard InChI is InChI=1S/C21H15N5O3/c22-11-15(19-25-17-3-1-2-4-18(17)29-19)16-9-10-23-21(26-16)24-12-13-5-7-14(8-6-13)20(27)28/h1-10,15H,12H2,(H,27,28)(H,23,24,26). The van der Waals surface area contributed by atoms with Crippen molar-refractivity contribution in [3.63, 3.8) is 0 Å². The molecule has 2 aromatic heterocycles. The molecular formula is C21H15N5O3. The van der Waals surface area contributed by atoms with Gasteiger partial charge in [0.25, 0.3) is 0 Å². The van der Waals surface area contributed by atoms with Crippen molar-refractivity contribution in [3.8, 4) is 6.07 Å². The van der Waals surface area contributed by atoms with Gasteiger partial charge in [0.2, 0.25) is 11.8 Å². The van der Waals surface area contributed by atoms with E-state index in [-0.39, 0.29) is 11.5 Å². The zero-order valence-corrected chi connectivity index (χ0v) is 15.1. The molecule has 0 radical (unpaired) electrons. The third-order valence-electron chi connectivity index (χ3n) is 4.31. The normalized spacial score (nSPS) is 11.7. The number of fused-ring (bicyclic) bond motifs is 1. The van der Waals surface area contributed by atoms with Crippen molar-refractivity contribution >= 4 is 23.0 Å². The van der Waals surface area contributed by atoms with Crippen molar-refractivity contribution in [1.29, 1.82) is 5.26 Å². The Morgan fingerprint density at radius 3 is 2.66 bits per heavy atom. The summed E-state index contributed by atoms with van der Waals surface area (Å²) in [5.41, 5.74) is 2.86. The lowest BCUT2D eigenvalue weighted by molar-refractivity contribution is 0.0697. The average molecular weight is 385 g/mol. The van der Waals surface area contributed by atoms with Crippen LogP contribution in [0.3, 0.4) is 0 Å². The molecule has 2 heterocycles. The van der Waals surface area contributed by atoms with Crippen molar-refractivity contribution in [3.05, 3.63) is 83.5 Å². The van der Waals surface area contributed by atoms with Crippen LogP contribution in [0.5, 0.6) is 0 Å². The Labute approximate surface area is 165 Å². The first kappa shape index (κ1) is 18.1. The van der Waals surface area contributed by atoms with E-state index in [0.29, 0.717) is 29.3 Å². The molecule has 29 heavy (non-hydrogen) atoms. The number of hydrogen-bond donors (Lipinski definition) is 2. The van der Waals surface area contributed by atoms with Gasteiger partial charge in [0.15, 0.2) is 11.5 Å². The number of hydrogen-bond acceptors (Lipinski definition) is 7. The lowest BCUT2D eigenvalue weighted by Gasteiger charge is -2.08. The number of carboxylic acid groups (broad SMARTS) is 1. The number of aromatic nitrogens is 3. The van der Waals surface area contributed by atoms with Crippen LogP contribution >= 0.6 is 0 Å². The van der Waals surface area contributed by atoms with E-state index in [1.807, 2.05) is 18.2 Å². The zero-order chi connectivity index (χ0) is 20.2. The summed E-state index contributed by atoms with van der Waals surface area (Å²) in [7, 11) is 0. The first-order chi connectivity index (χ1) is 14.1. The molecule has 8 heteroatoms. The predicted molar refractivity (Wildman–Crippen MR) is 104 cm³/mol. The summed E-state index contributed by atoms with van der Waals surface area (Å²) >= 11 is 0. The van der Waals surface area contributed by atoms with Crippen molar-refractivity contribution in [2.45, 2.75) is 12.5 Å². The summed E-state index contributed by atoms with van der Waals surface area (Å²) in [4.78, 5) is 23.9. The fraction of sp³-hybridized carbons (Fsp3) is 0.0952. The van der Waals surface area contributed by atoms with E-state index in [2.05, 4.69) is 26.3 Å². The van der Waals surface area contributed by atoms with Gasteiger partial charge >= 0.3 is 5.97 Å². The molecule has 2 N–H and O–H groups in total. The second-order valence-electron chi connectivity index (χ2n) is 6.24. The minimum atomic E-state index is -0.970. The Morgan fingerprint density at radius 2 is 1.93 bits per heavy atom. The van der Waals surface area contributed by atoms with Gasteiger partial charge < -0.3 is 14.8 Å². The van der Waals surface area contributed by atoms with Crippen LogP contribution in [0.15, 0.2) is 65.2 Å². The van der Waals surface area contributed by atoms with Gasteiger partial charge in [0.1, 0.15) is 5.52 Å². The van der Waals surface area contributed by atoms with E-state index in [0.717, 1.165) is 5.56 Å². The highest BCUT2D eigenvalue weighted by atomic mass is 16.4. The summed E-state index contributed by atoms with van der Waals surface area (Å²) in [5.74, 6) is -1.10. The molecule has 0 spiro atoms. The van der Waals surface area contributed by atoms with Crippen LogP contribution in [0.2, 0.25) is 0 Å². The Bertz CT molecular complexity index is 1180. The molecule has 0 saturated heterocycles. The SMILES string of the molecule is N#CC(c1ccnc(NCc2ccc(C(=O)O)cc2)n1)c1nc2ccccc2o1. The number of carbonyl (C=O) groups is 1. The van der Waals surface area contributed by atoms with Crippen LogP contribution in [-0.2, 0) is 6.54 Å². The molecule has 1 unspecified atom stereocenters. The Hall–Kier alpha value is -4.25. The predicted octanol–water partition coefficient (Wildman–Crippen LogP) is 3.58. The highest BCUT2D eigenvalue weighted by molar-refractivity contribution is 5.87. The van der Waals surface area contributed by atoms with Crippen molar-refractivity contribution < 1.29 is 14.3 Å². The van der Waals surface area contributed by atoms with Gasteiger partial charge in [-0.2, -0.15) is 5.26 Å². The number of benzene rings is 2. The Kier molecular flexibility index (Phi) is 4.86. The van der Waals surface area contributed by atoms with Gasteiger partial charge in [-0.25, -0.2) is 19.7 Å². The quantitative estimate of drug-likeness (QED) is 0.516. The minimum absolute atomic E-state index is 0.224. The van der Waals surface area contributed by atoms with E-state index >= 15 is 0 Å². The lowest BCUT2D eigenvalue weighted by Crippen LogP contribution is -2.08. The molecule has 2 aromatic carbocycles. The Balaban J connectivity index is 1.52. The monoisotopic (exact) mass is 385 g/mol. The fourth-order valence-electron chi connectivity index (χ4n) is 2.83. The third kappa shape index (κ3) is 3.89. The number of nitriles is 1. The smallest absolute Gasteiger partial charge is 0.335 e. The molecular weight excluding hydrogens is 370 g/mol. The summed E-state index contributed by atoms with van der Waals surface area (Å²) in [6.07, 6.45) is 1.56. The minimum Gasteiger partial charge on any atom is -0.478 e. The first-order valence-electron chi connectivity index (χ1n) is 8.78. The number of anilines is 1. The van der Waals surface area contributed by atoms with E-state index in [1.54, 1.807) is 30.5 Å². The number of nitrogens with one attached hydrogen (secondary N) is 1. The van der Waals surface area contributed by atoms with Crippen molar-refractivity contribution in [1.82, 2.24) is 15.0 Å². The molecule has 0 fully saturated rings. The molecule has 0 aliphatic heterocycles. The fourth-order valence-corrected chi connectivity index (χ4v) is 2.83. The summed E-state index contributed by atoms with van der Waals surface area (Å²) in [5, 5.41) is 21.7. The highest BCUT2D eigenvalue weighted by Crippen LogP contribution is 2.26. The maximum absolute atomic E-state index is 10.9. The van der Waals surface area contributed by atoms with Crippen LogP contribution in [0.4, 0.5) is 5.95 Å². The number of para-hydroxylation sites is 2. The Morgan fingerprint density at radius 1 is 1.14 bits per heavy atom. The molecule has 0 aliphatic rings. The van der Waals surface area contributed by atoms with Crippen LogP contribution in [0.1, 0.15) is 33.4 Å². The number of nitrogens with zero attached hydrogens (tertiary/aromatic N) is 4. The second-order valence-corrected chi connectivity index (χ2v) is 6.24. The average Bonchev–Trinajstić information content (AvgIpc) is 3.17. The maximum atomic E-state index is 10.9. The van der Waals surface area contributed by atoms with Gasteiger partial charge in [-0.05, 0) is 35.9 Å². The zero-order valence-electron chi connectivity index (χ0n) is 15.1. The van der Waals surface area contributed by atoms with Crippen molar-refractivity contribution in [2.75, 3.05) is 5.32 Å². The van der Waals surface area contributed by atoms with Crippen molar-refractivity contribution in [2.24, 2.45) is 0 Å². The van der Waals surface area contributed by atoms with Crippen LogP contribution in [-0.4, -0.2) is 26.0 Å². The van der Waals surface area contributed by atoms with Gasteiger partial charge in [-0.15, -0.1) is 0 Å². The van der Waals surface area contributed by atoms with Crippen LogP contribution in [0, 0.1) is 11.3 Å². The lowest BCUT2D eigenvalue weighted by atomic mass is 10.1. The molecule has 0 bridgehead atoms. The van der Waals surface area contributed by atoms with E-state index in [9.17, 15) is 10.1 Å². The number of rotatable bonds is 6. The second kappa shape index (κ2) is 7.78. The highest BCUT2D eigenvalue weighted by Gasteiger charge is 2.22. The van der Waals surface area contributed by atoms with Crippen LogP contribution < -0.4 is 5.32 Å². The van der Waals surface area contributed by atoms with E-state index in [1.165, 1.54) is 12.1 Å². The van der Waals surface area contributed by atoms with Gasteiger partial charge in [0, 0.05) is 12.7 Å². The summed E-state index contributed by atoms with van der Waals surface area (Å²) < 4.78 is 5.71. The summed E-state index contributed by atoms with van der Waals surface area (Å²) in [6, 6.07) is 17.7. The largest absolute Gasteiger partial charge is 0.478 e. The van der Waals surface area contributed by atoms with Crippen LogP contribution in [0.25, 0.3) is 11.1 Å². The summed E-state index contributed by atoms with van der Waals surface area (Å²) in [6.45, 7) is 0.406. The molecule has 1 atom stereocenters. The van der Waals surface area contributed by atoms with Gasteiger partial charge in [0.05, 0.1) is 17.3 Å². The first-order valence-corrected chi connectivity index (χ1v) is 8.78. The molecule has 4 aromatic rings. The number of carboxylic acids is 1. The maximum Gasteiger partial charge on any atom is 0.335 e. The number of oxazole rings is 1. The molecule has 142 valence electrons. The van der Waals surface area contributed by atoms with Gasteiger partial charge in [-0.3, -0.25) is 0 Å².